The highest BCUT2D eigenvalue weighted by molar-refractivity contribution is 7.89. The molecule has 0 bridgehead atoms. The monoisotopic (exact) mass is 388 g/mol. The summed E-state index contributed by atoms with van der Waals surface area (Å²) in [5.74, 6) is -1.62. The van der Waals surface area contributed by atoms with Gasteiger partial charge in [-0.3, -0.25) is 4.79 Å². The largest absolute Gasteiger partial charge is 0.481 e. The fourth-order valence-electron chi connectivity index (χ4n) is 3.48. The van der Waals surface area contributed by atoms with E-state index >= 15 is 0 Å². The third kappa shape index (κ3) is 4.87. The third-order valence-electron chi connectivity index (χ3n) is 5.04. The lowest BCUT2D eigenvalue weighted by Gasteiger charge is -2.18. The second-order valence-electron chi connectivity index (χ2n) is 6.90. The van der Waals surface area contributed by atoms with Gasteiger partial charge < -0.3 is 10.0 Å². The van der Waals surface area contributed by atoms with Crippen molar-refractivity contribution >= 4 is 21.7 Å². The van der Waals surface area contributed by atoms with Gasteiger partial charge in [0.15, 0.2) is 0 Å². The van der Waals surface area contributed by atoms with Crippen LogP contribution in [0.2, 0.25) is 0 Å². The van der Waals surface area contributed by atoms with Gasteiger partial charge in [0.05, 0.1) is 10.8 Å². The number of anilines is 1. The lowest BCUT2D eigenvalue weighted by molar-refractivity contribution is -0.138. The number of aryl methyl sites for hydroxylation is 1. The molecule has 1 aliphatic rings. The Kier molecular flexibility index (Phi) is 5.82. The molecule has 3 rings (SSSR count). The van der Waals surface area contributed by atoms with Crippen LogP contribution >= 0.6 is 0 Å². The number of sulfonamides is 1. The first-order valence-electron chi connectivity index (χ1n) is 9.04. The van der Waals surface area contributed by atoms with Crippen molar-refractivity contribution in [2.24, 2.45) is 5.14 Å². The fraction of sp³-hybridized carbons (Fsp3) is 0.350. The molecule has 1 unspecified atom stereocenters. The molecule has 1 aliphatic heterocycles. The molecule has 1 fully saturated rings. The maximum atomic E-state index is 11.7. The highest BCUT2D eigenvalue weighted by Gasteiger charge is 2.20. The van der Waals surface area contributed by atoms with E-state index in [1.54, 1.807) is 0 Å². The number of carboxylic acid groups (broad SMARTS) is 1. The van der Waals surface area contributed by atoms with Crippen molar-refractivity contribution in [3.63, 3.8) is 0 Å². The Bertz CT molecular complexity index is 887. The van der Waals surface area contributed by atoms with E-state index in [0.717, 1.165) is 18.7 Å². The van der Waals surface area contributed by atoms with E-state index in [1.807, 2.05) is 0 Å². The molecule has 6 nitrogen and oxygen atoms in total. The van der Waals surface area contributed by atoms with Gasteiger partial charge in [-0.15, -0.1) is 0 Å². The van der Waals surface area contributed by atoms with Gasteiger partial charge in [-0.25, -0.2) is 13.6 Å². The number of nitrogens with zero attached hydrogens (tertiary/aromatic N) is 1. The van der Waals surface area contributed by atoms with E-state index in [1.165, 1.54) is 42.8 Å². The van der Waals surface area contributed by atoms with Crippen molar-refractivity contribution < 1.29 is 18.3 Å². The molecule has 1 saturated heterocycles. The molecule has 1 heterocycles. The smallest absolute Gasteiger partial charge is 0.310 e. The minimum Gasteiger partial charge on any atom is -0.481 e. The summed E-state index contributed by atoms with van der Waals surface area (Å²) in [6, 6.07) is 14.0. The molecule has 0 aromatic heterocycles. The zero-order chi connectivity index (χ0) is 19.4. The Morgan fingerprint density at radius 3 is 2.15 bits per heavy atom. The third-order valence-corrected chi connectivity index (χ3v) is 5.97. The molecular weight excluding hydrogens is 364 g/mol. The van der Waals surface area contributed by atoms with E-state index < -0.39 is 21.9 Å². The molecular formula is C20H24N2O4S. The van der Waals surface area contributed by atoms with Gasteiger partial charge in [-0.1, -0.05) is 24.3 Å². The van der Waals surface area contributed by atoms with Gasteiger partial charge in [-0.2, -0.15) is 0 Å². The molecule has 0 radical (unpaired) electrons. The quantitative estimate of drug-likeness (QED) is 0.759. The summed E-state index contributed by atoms with van der Waals surface area (Å²) in [5.41, 5.74) is 2.87. The number of carbonyl (C=O) groups is 1. The first kappa shape index (κ1) is 19.4. The van der Waals surface area contributed by atoms with Crippen LogP contribution in [0.1, 0.15) is 36.3 Å². The Morgan fingerprint density at radius 1 is 1.04 bits per heavy atom. The van der Waals surface area contributed by atoms with Gasteiger partial charge in [0, 0.05) is 18.8 Å². The number of hydrogen-bond donors (Lipinski definition) is 2. The second-order valence-corrected chi connectivity index (χ2v) is 8.47. The minimum absolute atomic E-state index is 0.0205. The first-order chi connectivity index (χ1) is 12.8. The maximum Gasteiger partial charge on any atom is 0.310 e. The summed E-state index contributed by atoms with van der Waals surface area (Å²) in [6.45, 7) is 2.18. The topological polar surface area (TPSA) is 101 Å². The van der Waals surface area contributed by atoms with E-state index in [0.29, 0.717) is 18.4 Å². The van der Waals surface area contributed by atoms with Crippen LogP contribution < -0.4 is 10.0 Å². The summed E-state index contributed by atoms with van der Waals surface area (Å²) in [7, 11) is -3.78. The van der Waals surface area contributed by atoms with E-state index in [-0.39, 0.29) is 4.90 Å². The Morgan fingerprint density at radius 2 is 1.63 bits per heavy atom. The van der Waals surface area contributed by atoms with Crippen LogP contribution in [0.5, 0.6) is 0 Å². The van der Waals surface area contributed by atoms with Gasteiger partial charge >= 0.3 is 5.97 Å². The summed E-state index contributed by atoms with van der Waals surface area (Å²) in [5, 5.41) is 14.7. The number of rotatable bonds is 7. The molecule has 27 heavy (non-hydrogen) atoms. The summed E-state index contributed by atoms with van der Waals surface area (Å²) in [4.78, 5) is 14.0. The van der Waals surface area contributed by atoms with Crippen LogP contribution in [0.15, 0.2) is 53.4 Å². The zero-order valence-electron chi connectivity index (χ0n) is 15.0. The SMILES string of the molecule is NS(=O)(=O)c1ccc(C(CCc2ccc(N3CCCC3)cc2)C(=O)O)cc1. The molecule has 0 aliphatic carbocycles. The highest BCUT2D eigenvalue weighted by Crippen LogP contribution is 2.25. The Labute approximate surface area is 159 Å². The molecule has 0 amide bonds. The lowest BCUT2D eigenvalue weighted by atomic mass is 9.92. The first-order valence-corrected chi connectivity index (χ1v) is 10.6. The Hall–Kier alpha value is -2.38. The summed E-state index contributed by atoms with van der Waals surface area (Å²) < 4.78 is 22.7. The minimum atomic E-state index is -3.78. The van der Waals surface area contributed by atoms with E-state index in [2.05, 4.69) is 29.2 Å². The Balaban J connectivity index is 1.67. The normalized spacial score (nSPS) is 15.7. The summed E-state index contributed by atoms with van der Waals surface area (Å²) in [6.07, 6.45) is 3.53. The second kappa shape index (κ2) is 8.10. The van der Waals surface area contributed by atoms with Crippen LogP contribution in [0.4, 0.5) is 5.69 Å². The molecule has 3 N–H and O–H groups in total. The van der Waals surface area contributed by atoms with Crippen molar-refractivity contribution in [3.8, 4) is 0 Å². The maximum absolute atomic E-state index is 11.7. The van der Waals surface area contributed by atoms with Crippen molar-refractivity contribution in [3.05, 3.63) is 59.7 Å². The van der Waals surface area contributed by atoms with Gasteiger partial charge in [-0.05, 0) is 61.1 Å². The number of carboxylic acids is 1. The van der Waals surface area contributed by atoms with Gasteiger partial charge in [0.2, 0.25) is 10.0 Å². The molecule has 0 spiro atoms. The standard InChI is InChI=1S/C20H24N2O4S/c21-27(25,26)18-10-6-16(7-11-18)19(20(23)24)12-5-15-3-8-17(9-4-15)22-13-1-2-14-22/h3-4,6-11,19H,1-2,5,12-14H2,(H,23,24)(H2,21,25,26). The number of benzene rings is 2. The molecule has 2 aromatic rings. The number of aliphatic carboxylic acids is 1. The van der Waals surface area contributed by atoms with Gasteiger partial charge in [0.25, 0.3) is 0 Å². The van der Waals surface area contributed by atoms with Crippen LogP contribution in [0, 0.1) is 0 Å². The van der Waals surface area contributed by atoms with Crippen molar-refractivity contribution in [2.75, 3.05) is 18.0 Å². The zero-order valence-corrected chi connectivity index (χ0v) is 15.9. The van der Waals surface area contributed by atoms with E-state index in [9.17, 15) is 18.3 Å². The van der Waals surface area contributed by atoms with Crippen molar-refractivity contribution in [2.45, 2.75) is 36.5 Å². The predicted molar refractivity (Wildman–Crippen MR) is 104 cm³/mol. The van der Waals surface area contributed by atoms with Crippen LogP contribution in [-0.2, 0) is 21.2 Å². The average Bonchev–Trinajstić information content (AvgIpc) is 3.16. The average molecular weight is 388 g/mol. The molecule has 144 valence electrons. The van der Waals surface area contributed by atoms with Crippen LogP contribution in [0.3, 0.4) is 0 Å². The number of nitrogens with two attached hydrogens (primary N) is 1. The van der Waals surface area contributed by atoms with Gasteiger partial charge in [0.1, 0.15) is 0 Å². The summed E-state index contributed by atoms with van der Waals surface area (Å²) >= 11 is 0. The van der Waals surface area contributed by atoms with Crippen molar-refractivity contribution in [1.29, 1.82) is 0 Å². The van der Waals surface area contributed by atoms with Crippen LogP contribution in [-0.4, -0.2) is 32.6 Å². The molecule has 2 aromatic carbocycles. The van der Waals surface area contributed by atoms with Crippen LogP contribution in [0.25, 0.3) is 0 Å². The predicted octanol–water partition coefficient (Wildman–Crippen LogP) is 2.74. The highest BCUT2D eigenvalue weighted by atomic mass is 32.2. The molecule has 1 atom stereocenters. The molecule has 7 heteroatoms. The fourth-order valence-corrected chi connectivity index (χ4v) is 4.00. The van der Waals surface area contributed by atoms with Crippen molar-refractivity contribution in [1.82, 2.24) is 0 Å². The van der Waals surface area contributed by atoms with E-state index in [4.69, 9.17) is 5.14 Å². The number of primary sulfonamides is 1. The molecule has 0 saturated carbocycles. The number of hydrogen-bond acceptors (Lipinski definition) is 4. The lowest BCUT2D eigenvalue weighted by Crippen LogP contribution is -2.17.